The van der Waals surface area contributed by atoms with Crippen molar-refractivity contribution in [3.63, 3.8) is 0 Å². The molecule has 2 rings (SSSR count). The van der Waals surface area contributed by atoms with Crippen LogP contribution in [0.15, 0.2) is 30.6 Å². The molecule has 0 amide bonds. The number of aromatic amines is 1. The third-order valence-corrected chi connectivity index (χ3v) is 2.33. The topological polar surface area (TPSA) is 28.7 Å². The number of hydrogen-bond acceptors (Lipinski definition) is 2. The molecule has 0 spiro atoms. The second-order valence-electron chi connectivity index (χ2n) is 3.06. The molecular weight excluding hydrogens is 192 g/mol. The average molecular weight is 204 g/mol. The van der Waals surface area contributed by atoms with Crippen LogP contribution < -0.4 is 0 Å². The van der Waals surface area contributed by atoms with Gasteiger partial charge in [-0.25, -0.2) is 4.98 Å². The van der Waals surface area contributed by atoms with E-state index in [9.17, 15) is 0 Å². The summed E-state index contributed by atoms with van der Waals surface area (Å²) < 4.78 is 0. The van der Waals surface area contributed by atoms with Crippen molar-refractivity contribution in [1.29, 1.82) is 0 Å². The van der Waals surface area contributed by atoms with E-state index in [-0.39, 0.29) is 0 Å². The SMILES string of the molecule is SCCC=Cc1cccc2[nH]cnc12. The van der Waals surface area contributed by atoms with E-state index in [2.05, 4.69) is 40.8 Å². The Morgan fingerprint density at radius 1 is 1.43 bits per heavy atom. The fourth-order valence-corrected chi connectivity index (χ4v) is 1.56. The predicted molar refractivity (Wildman–Crippen MR) is 63.6 cm³/mol. The summed E-state index contributed by atoms with van der Waals surface area (Å²) in [4.78, 5) is 7.36. The molecule has 14 heavy (non-hydrogen) atoms. The molecule has 0 saturated carbocycles. The van der Waals surface area contributed by atoms with Crippen LogP contribution >= 0.6 is 12.6 Å². The second kappa shape index (κ2) is 4.33. The number of fused-ring (bicyclic) bond motifs is 1. The largest absolute Gasteiger partial charge is 0.345 e. The number of allylic oxidation sites excluding steroid dienone is 1. The number of benzene rings is 1. The minimum absolute atomic E-state index is 0.882. The molecule has 0 saturated heterocycles. The summed E-state index contributed by atoms with van der Waals surface area (Å²) in [5.74, 6) is 0.882. The molecule has 0 aliphatic heterocycles. The van der Waals surface area contributed by atoms with Crippen molar-refractivity contribution in [3.05, 3.63) is 36.2 Å². The molecule has 1 aromatic heterocycles. The molecule has 0 aliphatic carbocycles. The van der Waals surface area contributed by atoms with Crippen LogP contribution in [-0.2, 0) is 0 Å². The maximum atomic E-state index is 4.27. The van der Waals surface area contributed by atoms with E-state index in [1.807, 2.05) is 12.1 Å². The lowest BCUT2D eigenvalue weighted by Gasteiger charge is -1.94. The highest BCUT2D eigenvalue weighted by molar-refractivity contribution is 7.80. The van der Waals surface area contributed by atoms with E-state index < -0.39 is 0 Å². The molecule has 0 unspecified atom stereocenters. The lowest BCUT2D eigenvalue weighted by molar-refractivity contribution is 1.26. The fraction of sp³-hybridized carbons (Fsp3) is 0.182. The molecule has 1 aromatic carbocycles. The summed E-state index contributed by atoms with van der Waals surface area (Å²) >= 11 is 4.16. The normalized spacial score (nSPS) is 11.5. The van der Waals surface area contributed by atoms with Crippen LogP contribution in [0.3, 0.4) is 0 Å². The first kappa shape index (κ1) is 9.34. The summed E-state index contributed by atoms with van der Waals surface area (Å²) in [7, 11) is 0. The highest BCUT2D eigenvalue weighted by atomic mass is 32.1. The van der Waals surface area contributed by atoms with Crippen LogP contribution in [0.1, 0.15) is 12.0 Å². The number of nitrogens with one attached hydrogen (secondary N) is 1. The van der Waals surface area contributed by atoms with Gasteiger partial charge < -0.3 is 4.98 Å². The Morgan fingerprint density at radius 2 is 2.36 bits per heavy atom. The number of H-pyrrole nitrogens is 1. The summed E-state index contributed by atoms with van der Waals surface area (Å²) in [6, 6.07) is 6.12. The molecular formula is C11H12N2S. The Kier molecular flexibility index (Phi) is 2.89. The van der Waals surface area contributed by atoms with Gasteiger partial charge in [0.25, 0.3) is 0 Å². The van der Waals surface area contributed by atoms with Gasteiger partial charge in [-0.2, -0.15) is 12.6 Å². The van der Waals surface area contributed by atoms with E-state index in [0.29, 0.717) is 0 Å². The zero-order valence-corrected chi connectivity index (χ0v) is 8.67. The van der Waals surface area contributed by atoms with Crippen LogP contribution in [0.2, 0.25) is 0 Å². The van der Waals surface area contributed by atoms with Gasteiger partial charge in [0.2, 0.25) is 0 Å². The summed E-state index contributed by atoms with van der Waals surface area (Å²) in [6.07, 6.45) is 6.93. The maximum absolute atomic E-state index is 4.27. The Hall–Kier alpha value is -1.22. The van der Waals surface area contributed by atoms with Gasteiger partial charge in [0, 0.05) is 5.56 Å². The van der Waals surface area contributed by atoms with Crippen LogP contribution in [0.5, 0.6) is 0 Å². The van der Waals surface area contributed by atoms with Crippen molar-refractivity contribution in [2.75, 3.05) is 5.75 Å². The van der Waals surface area contributed by atoms with Gasteiger partial charge in [0.1, 0.15) is 0 Å². The third-order valence-electron chi connectivity index (χ3n) is 2.07. The van der Waals surface area contributed by atoms with Crippen LogP contribution in [-0.4, -0.2) is 15.7 Å². The molecule has 0 atom stereocenters. The van der Waals surface area contributed by atoms with Crippen LogP contribution in [0, 0.1) is 0 Å². The van der Waals surface area contributed by atoms with Crippen LogP contribution in [0.25, 0.3) is 17.1 Å². The van der Waals surface area contributed by atoms with Gasteiger partial charge >= 0.3 is 0 Å². The smallest absolute Gasteiger partial charge is 0.0954 e. The molecule has 0 fully saturated rings. The van der Waals surface area contributed by atoms with Gasteiger partial charge in [-0.05, 0) is 18.2 Å². The van der Waals surface area contributed by atoms with Crippen LogP contribution in [0.4, 0.5) is 0 Å². The quantitative estimate of drug-likeness (QED) is 0.739. The van der Waals surface area contributed by atoms with E-state index in [1.165, 1.54) is 0 Å². The number of hydrogen-bond donors (Lipinski definition) is 2. The Labute approximate surface area is 88.5 Å². The molecule has 3 heteroatoms. The van der Waals surface area contributed by atoms with Crippen molar-refractivity contribution in [1.82, 2.24) is 9.97 Å². The Morgan fingerprint density at radius 3 is 3.21 bits per heavy atom. The molecule has 0 aliphatic rings. The zero-order valence-electron chi connectivity index (χ0n) is 7.77. The number of thiol groups is 1. The van der Waals surface area contributed by atoms with Gasteiger partial charge in [-0.1, -0.05) is 24.3 Å². The minimum Gasteiger partial charge on any atom is -0.345 e. The number of nitrogens with zero attached hydrogens (tertiary/aromatic N) is 1. The second-order valence-corrected chi connectivity index (χ2v) is 3.51. The molecule has 1 heterocycles. The summed E-state index contributed by atoms with van der Waals surface area (Å²) in [5, 5.41) is 0. The zero-order chi connectivity index (χ0) is 9.80. The minimum atomic E-state index is 0.882. The first-order valence-corrected chi connectivity index (χ1v) is 5.24. The molecule has 1 N–H and O–H groups in total. The third kappa shape index (κ3) is 1.82. The number of para-hydroxylation sites is 1. The van der Waals surface area contributed by atoms with Gasteiger partial charge in [-0.3, -0.25) is 0 Å². The van der Waals surface area contributed by atoms with Gasteiger partial charge in [-0.15, -0.1) is 0 Å². The average Bonchev–Trinajstić information content (AvgIpc) is 2.67. The number of imidazole rings is 1. The summed E-state index contributed by atoms with van der Waals surface area (Å²) in [5.41, 5.74) is 3.27. The highest BCUT2D eigenvalue weighted by Crippen LogP contribution is 2.15. The monoisotopic (exact) mass is 204 g/mol. The van der Waals surface area contributed by atoms with Crippen molar-refractivity contribution in [3.8, 4) is 0 Å². The van der Waals surface area contributed by atoms with Gasteiger partial charge in [0.05, 0.1) is 17.4 Å². The molecule has 2 nitrogen and oxygen atoms in total. The Balaban J connectivity index is 2.36. The van der Waals surface area contributed by atoms with Crippen molar-refractivity contribution >= 4 is 29.7 Å². The molecule has 72 valence electrons. The predicted octanol–water partition coefficient (Wildman–Crippen LogP) is 2.90. The fourth-order valence-electron chi connectivity index (χ4n) is 1.41. The standard InChI is InChI=1S/C11H12N2S/c14-7-2-1-4-9-5-3-6-10-11(9)13-8-12-10/h1,3-6,8,14H,2,7H2,(H,12,13). The van der Waals surface area contributed by atoms with E-state index in [0.717, 1.165) is 28.8 Å². The first-order chi connectivity index (χ1) is 6.92. The van der Waals surface area contributed by atoms with Gasteiger partial charge in [0.15, 0.2) is 0 Å². The van der Waals surface area contributed by atoms with E-state index >= 15 is 0 Å². The Bertz CT molecular complexity index is 445. The van der Waals surface area contributed by atoms with Crippen molar-refractivity contribution in [2.45, 2.75) is 6.42 Å². The lowest BCUT2D eigenvalue weighted by Crippen LogP contribution is -1.76. The van der Waals surface area contributed by atoms with Crippen molar-refractivity contribution in [2.24, 2.45) is 0 Å². The van der Waals surface area contributed by atoms with E-state index in [1.54, 1.807) is 6.33 Å². The van der Waals surface area contributed by atoms with Crippen molar-refractivity contribution < 1.29 is 0 Å². The first-order valence-electron chi connectivity index (χ1n) is 4.61. The number of rotatable bonds is 3. The maximum Gasteiger partial charge on any atom is 0.0954 e. The lowest BCUT2D eigenvalue weighted by atomic mass is 10.1. The molecule has 0 radical (unpaired) electrons. The van der Waals surface area contributed by atoms with E-state index in [4.69, 9.17) is 0 Å². The summed E-state index contributed by atoms with van der Waals surface area (Å²) in [6.45, 7) is 0. The highest BCUT2D eigenvalue weighted by Gasteiger charge is 1.98. The number of aromatic nitrogens is 2. The molecule has 0 bridgehead atoms. The molecule has 2 aromatic rings.